The highest BCUT2D eigenvalue weighted by molar-refractivity contribution is 6.33. The SMILES string of the molecule is O=C(NC1(CO)CCCCC1)c1cc(F)c(F)cc1Cl. The quantitative estimate of drug-likeness (QED) is 0.843. The van der Waals surface area contributed by atoms with Crippen LogP contribution in [0.5, 0.6) is 0 Å². The van der Waals surface area contributed by atoms with Crippen LogP contribution in [0.15, 0.2) is 12.1 Å². The number of carbonyl (C=O) groups excluding carboxylic acids is 1. The van der Waals surface area contributed by atoms with Gasteiger partial charge in [0, 0.05) is 0 Å². The molecule has 2 rings (SSSR count). The minimum absolute atomic E-state index is 0.121. The van der Waals surface area contributed by atoms with E-state index in [4.69, 9.17) is 11.6 Å². The van der Waals surface area contributed by atoms with Crippen molar-refractivity contribution in [2.45, 2.75) is 37.6 Å². The fraction of sp³-hybridized carbons (Fsp3) is 0.500. The maximum Gasteiger partial charge on any atom is 0.253 e. The minimum atomic E-state index is -1.12. The molecule has 1 saturated carbocycles. The Bertz CT molecular complexity index is 516. The molecule has 20 heavy (non-hydrogen) atoms. The number of hydrogen-bond donors (Lipinski definition) is 2. The molecule has 1 fully saturated rings. The first kappa shape index (κ1) is 15.2. The van der Waals surface area contributed by atoms with Crippen LogP contribution in [0.25, 0.3) is 0 Å². The van der Waals surface area contributed by atoms with Crippen molar-refractivity contribution in [3.05, 3.63) is 34.4 Å². The van der Waals surface area contributed by atoms with E-state index < -0.39 is 23.1 Å². The Morgan fingerprint density at radius 1 is 1.25 bits per heavy atom. The zero-order valence-corrected chi connectivity index (χ0v) is 11.6. The van der Waals surface area contributed by atoms with Crippen LogP contribution >= 0.6 is 11.6 Å². The standard InChI is InChI=1S/C14H16ClF2NO2/c15-10-7-12(17)11(16)6-9(10)13(20)18-14(8-19)4-2-1-3-5-14/h6-7,19H,1-5,8H2,(H,18,20). The maximum atomic E-state index is 13.2. The van der Waals surface area contributed by atoms with Crippen molar-refractivity contribution in [2.75, 3.05) is 6.61 Å². The third-order valence-electron chi connectivity index (χ3n) is 3.75. The van der Waals surface area contributed by atoms with Gasteiger partial charge in [-0.25, -0.2) is 8.78 Å². The van der Waals surface area contributed by atoms with Crippen LogP contribution in [0.4, 0.5) is 8.78 Å². The third kappa shape index (κ3) is 3.10. The normalized spacial score (nSPS) is 17.8. The number of nitrogens with one attached hydrogen (secondary N) is 1. The molecule has 3 nitrogen and oxygen atoms in total. The molecule has 110 valence electrons. The van der Waals surface area contributed by atoms with Crippen LogP contribution in [0.2, 0.25) is 5.02 Å². The summed E-state index contributed by atoms with van der Waals surface area (Å²) in [5.41, 5.74) is -0.812. The summed E-state index contributed by atoms with van der Waals surface area (Å²) in [4.78, 5) is 12.2. The van der Waals surface area contributed by atoms with Crippen LogP contribution < -0.4 is 5.32 Å². The zero-order valence-electron chi connectivity index (χ0n) is 10.9. The molecule has 0 aliphatic heterocycles. The van der Waals surface area contributed by atoms with Crippen LogP contribution in [0.3, 0.4) is 0 Å². The van der Waals surface area contributed by atoms with Gasteiger partial charge in [0.15, 0.2) is 11.6 Å². The lowest BCUT2D eigenvalue weighted by molar-refractivity contribution is 0.0758. The average molecular weight is 304 g/mol. The summed E-state index contributed by atoms with van der Waals surface area (Å²) in [6.07, 6.45) is 4.20. The van der Waals surface area contributed by atoms with Crippen molar-refractivity contribution in [3.63, 3.8) is 0 Å². The Labute approximate surface area is 120 Å². The van der Waals surface area contributed by atoms with E-state index in [0.29, 0.717) is 12.8 Å². The largest absolute Gasteiger partial charge is 0.394 e. The van der Waals surface area contributed by atoms with Crippen molar-refractivity contribution in [3.8, 4) is 0 Å². The van der Waals surface area contributed by atoms with Gasteiger partial charge in [-0.15, -0.1) is 0 Å². The summed E-state index contributed by atoms with van der Waals surface area (Å²) in [6, 6.07) is 1.55. The van der Waals surface area contributed by atoms with Crippen molar-refractivity contribution in [1.29, 1.82) is 0 Å². The van der Waals surface area contributed by atoms with Gasteiger partial charge in [-0.3, -0.25) is 4.79 Å². The predicted octanol–water partition coefficient (Wildman–Crippen LogP) is 3.04. The number of benzene rings is 1. The van der Waals surface area contributed by atoms with Crippen LogP contribution in [0, 0.1) is 11.6 Å². The Balaban J connectivity index is 2.21. The molecular formula is C14H16ClF2NO2. The molecule has 1 amide bonds. The van der Waals surface area contributed by atoms with Gasteiger partial charge in [0.1, 0.15) is 0 Å². The molecule has 0 aromatic heterocycles. The van der Waals surface area contributed by atoms with Crippen molar-refractivity contribution in [2.24, 2.45) is 0 Å². The molecule has 1 aliphatic rings. The maximum absolute atomic E-state index is 13.2. The molecule has 0 bridgehead atoms. The highest BCUT2D eigenvalue weighted by Gasteiger charge is 2.33. The lowest BCUT2D eigenvalue weighted by Gasteiger charge is -2.36. The number of halogens is 3. The second-order valence-electron chi connectivity index (χ2n) is 5.20. The fourth-order valence-electron chi connectivity index (χ4n) is 2.56. The van der Waals surface area contributed by atoms with E-state index in [1.807, 2.05) is 0 Å². The van der Waals surface area contributed by atoms with E-state index in [9.17, 15) is 18.7 Å². The molecule has 0 atom stereocenters. The van der Waals surface area contributed by atoms with Crippen molar-refractivity contribution in [1.82, 2.24) is 5.32 Å². The summed E-state index contributed by atoms with van der Waals surface area (Å²) in [5.74, 6) is -2.81. The van der Waals surface area contributed by atoms with Gasteiger partial charge in [0.2, 0.25) is 0 Å². The Morgan fingerprint density at radius 2 is 1.85 bits per heavy atom. The summed E-state index contributed by atoms with van der Waals surface area (Å²) >= 11 is 5.77. The summed E-state index contributed by atoms with van der Waals surface area (Å²) in [7, 11) is 0. The van der Waals surface area contributed by atoms with Crippen molar-refractivity contribution < 1.29 is 18.7 Å². The Kier molecular flexibility index (Phi) is 4.60. The van der Waals surface area contributed by atoms with Crippen LogP contribution in [-0.2, 0) is 0 Å². The number of aliphatic hydroxyl groups is 1. The molecule has 0 spiro atoms. The number of hydrogen-bond acceptors (Lipinski definition) is 2. The van der Waals surface area contributed by atoms with E-state index in [1.165, 1.54) is 0 Å². The van der Waals surface area contributed by atoms with Gasteiger partial charge >= 0.3 is 0 Å². The van der Waals surface area contributed by atoms with E-state index >= 15 is 0 Å². The lowest BCUT2D eigenvalue weighted by Crippen LogP contribution is -2.52. The summed E-state index contributed by atoms with van der Waals surface area (Å²) in [5, 5.41) is 12.1. The number of carbonyl (C=O) groups is 1. The average Bonchev–Trinajstić information content (AvgIpc) is 2.43. The highest BCUT2D eigenvalue weighted by Crippen LogP contribution is 2.29. The van der Waals surface area contributed by atoms with Gasteiger partial charge in [0.05, 0.1) is 22.7 Å². The monoisotopic (exact) mass is 303 g/mol. The number of rotatable bonds is 3. The summed E-state index contributed by atoms with van der Waals surface area (Å²) < 4.78 is 26.2. The van der Waals surface area contributed by atoms with E-state index in [2.05, 4.69) is 5.32 Å². The smallest absolute Gasteiger partial charge is 0.253 e. The zero-order chi connectivity index (χ0) is 14.8. The topological polar surface area (TPSA) is 49.3 Å². The van der Waals surface area contributed by atoms with E-state index in [-0.39, 0.29) is 17.2 Å². The minimum Gasteiger partial charge on any atom is -0.394 e. The molecular weight excluding hydrogens is 288 g/mol. The molecule has 0 saturated heterocycles. The van der Waals surface area contributed by atoms with Gasteiger partial charge in [0.25, 0.3) is 5.91 Å². The van der Waals surface area contributed by atoms with Gasteiger partial charge < -0.3 is 10.4 Å². The Morgan fingerprint density at radius 3 is 2.45 bits per heavy atom. The van der Waals surface area contributed by atoms with E-state index in [0.717, 1.165) is 31.4 Å². The van der Waals surface area contributed by atoms with Gasteiger partial charge in [-0.1, -0.05) is 30.9 Å². The second-order valence-corrected chi connectivity index (χ2v) is 5.61. The first-order valence-electron chi connectivity index (χ1n) is 6.55. The molecule has 1 aliphatic carbocycles. The highest BCUT2D eigenvalue weighted by atomic mass is 35.5. The van der Waals surface area contributed by atoms with Crippen LogP contribution in [-0.4, -0.2) is 23.2 Å². The van der Waals surface area contributed by atoms with Crippen molar-refractivity contribution >= 4 is 17.5 Å². The van der Waals surface area contributed by atoms with Gasteiger partial charge in [-0.2, -0.15) is 0 Å². The summed E-state index contributed by atoms with van der Waals surface area (Å²) in [6.45, 7) is -0.181. The van der Waals surface area contributed by atoms with Crippen LogP contribution in [0.1, 0.15) is 42.5 Å². The molecule has 2 N–H and O–H groups in total. The molecule has 6 heteroatoms. The first-order valence-corrected chi connectivity index (χ1v) is 6.93. The third-order valence-corrected chi connectivity index (χ3v) is 4.06. The first-order chi connectivity index (χ1) is 9.47. The predicted molar refractivity (Wildman–Crippen MR) is 71.7 cm³/mol. The second kappa shape index (κ2) is 6.06. The molecule has 1 aromatic rings. The number of amides is 1. The Hall–Kier alpha value is -1.20. The molecule has 0 radical (unpaired) electrons. The molecule has 0 unspecified atom stereocenters. The fourth-order valence-corrected chi connectivity index (χ4v) is 2.79. The van der Waals surface area contributed by atoms with E-state index in [1.54, 1.807) is 0 Å². The number of aliphatic hydroxyl groups excluding tert-OH is 1. The molecule has 0 heterocycles. The van der Waals surface area contributed by atoms with Gasteiger partial charge in [-0.05, 0) is 25.0 Å². The lowest BCUT2D eigenvalue weighted by atomic mass is 9.82. The molecule has 1 aromatic carbocycles.